The van der Waals surface area contributed by atoms with Gasteiger partial charge in [-0.2, -0.15) is 0 Å². The highest BCUT2D eigenvalue weighted by Crippen LogP contribution is 2.22. The van der Waals surface area contributed by atoms with Crippen molar-refractivity contribution in [3.63, 3.8) is 0 Å². The molecule has 0 fully saturated rings. The zero-order chi connectivity index (χ0) is 14.0. The predicted octanol–water partition coefficient (Wildman–Crippen LogP) is 2.17. The third-order valence-corrected chi connectivity index (χ3v) is 2.91. The number of nitrogens with zero attached hydrogens (tertiary/aromatic N) is 3. The summed E-state index contributed by atoms with van der Waals surface area (Å²) in [5.41, 5.74) is 0.745. The molecule has 0 aliphatic heterocycles. The number of nitrogens with one attached hydrogen (secondary N) is 1. The maximum atomic E-state index is 11.9. The minimum absolute atomic E-state index is 0.0289. The average Bonchev–Trinajstić information content (AvgIpc) is 2.37. The van der Waals surface area contributed by atoms with Gasteiger partial charge in [0.15, 0.2) is 0 Å². The van der Waals surface area contributed by atoms with Gasteiger partial charge in [0.05, 0.1) is 5.52 Å². The van der Waals surface area contributed by atoms with Crippen LogP contribution >= 0.6 is 11.6 Å². The van der Waals surface area contributed by atoms with Crippen LogP contribution in [0.5, 0.6) is 0 Å². The summed E-state index contributed by atoms with van der Waals surface area (Å²) in [4.78, 5) is 21.7. The van der Waals surface area contributed by atoms with Crippen LogP contribution in [0.15, 0.2) is 24.3 Å². The Bertz CT molecular complexity index is 615. The molecule has 1 N–H and O–H groups in total. The molecule has 19 heavy (non-hydrogen) atoms. The monoisotopic (exact) mass is 278 g/mol. The molecule has 1 unspecified atom stereocenters. The number of carbonyl (C=O) groups is 1. The summed E-state index contributed by atoms with van der Waals surface area (Å²) in [6.45, 7) is 1.78. The van der Waals surface area contributed by atoms with Crippen molar-refractivity contribution in [2.24, 2.45) is 0 Å². The third kappa shape index (κ3) is 2.93. The van der Waals surface area contributed by atoms with Crippen molar-refractivity contribution in [2.75, 3.05) is 19.4 Å². The summed E-state index contributed by atoms with van der Waals surface area (Å²) in [6.07, 6.45) is 0. The molecule has 2 rings (SSSR count). The van der Waals surface area contributed by atoms with Crippen molar-refractivity contribution in [3.8, 4) is 0 Å². The number of hydrogen-bond donors (Lipinski definition) is 1. The lowest BCUT2D eigenvalue weighted by Gasteiger charge is -2.19. The molecule has 0 radical (unpaired) electrons. The van der Waals surface area contributed by atoms with Gasteiger partial charge in [-0.05, 0) is 30.7 Å². The molecule has 0 bridgehead atoms. The molecule has 1 aromatic heterocycles. The molecule has 0 aliphatic rings. The van der Waals surface area contributed by atoms with E-state index in [4.69, 9.17) is 11.6 Å². The van der Waals surface area contributed by atoms with Gasteiger partial charge in [-0.1, -0.05) is 12.1 Å². The maximum absolute atomic E-state index is 11.9. The zero-order valence-electron chi connectivity index (χ0n) is 11.0. The number of hydrogen-bond acceptors (Lipinski definition) is 4. The summed E-state index contributed by atoms with van der Waals surface area (Å²) in [5.74, 6) is 0.539. The lowest BCUT2D eigenvalue weighted by Crippen LogP contribution is -2.36. The lowest BCUT2D eigenvalue weighted by atomic mass is 10.2. The minimum atomic E-state index is -0.385. The van der Waals surface area contributed by atoms with Crippen LogP contribution in [0, 0.1) is 0 Å². The summed E-state index contributed by atoms with van der Waals surface area (Å²) in [7, 11) is 3.43. The second kappa shape index (κ2) is 5.40. The first-order chi connectivity index (χ1) is 8.99. The van der Waals surface area contributed by atoms with Crippen LogP contribution in [0.4, 0.5) is 5.82 Å². The van der Waals surface area contributed by atoms with Gasteiger partial charge >= 0.3 is 0 Å². The molecule has 1 heterocycles. The van der Waals surface area contributed by atoms with Crippen LogP contribution < -0.4 is 5.32 Å². The third-order valence-electron chi connectivity index (χ3n) is 2.74. The van der Waals surface area contributed by atoms with E-state index in [1.54, 1.807) is 21.0 Å². The molecule has 0 saturated heterocycles. The Hall–Kier alpha value is -1.88. The van der Waals surface area contributed by atoms with Crippen LogP contribution in [-0.4, -0.2) is 40.9 Å². The number of aromatic nitrogens is 2. The molecule has 2 aromatic rings. The van der Waals surface area contributed by atoms with E-state index in [0.717, 1.165) is 10.9 Å². The van der Waals surface area contributed by atoms with Gasteiger partial charge in [-0.25, -0.2) is 9.97 Å². The smallest absolute Gasteiger partial charge is 0.244 e. The molecular formula is C13H15ClN4O. The van der Waals surface area contributed by atoms with Gasteiger partial charge in [0.2, 0.25) is 11.2 Å². The fourth-order valence-electron chi connectivity index (χ4n) is 1.81. The molecule has 0 spiro atoms. The van der Waals surface area contributed by atoms with Crippen LogP contribution in [0.2, 0.25) is 5.28 Å². The first-order valence-corrected chi connectivity index (χ1v) is 6.27. The highest BCUT2D eigenvalue weighted by atomic mass is 35.5. The first-order valence-electron chi connectivity index (χ1n) is 5.89. The number of rotatable bonds is 3. The van der Waals surface area contributed by atoms with E-state index in [2.05, 4.69) is 15.3 Å². The van der Waals surface area contributed by atoms with Gasteiger partial charge in [-0.15, -0.1) is 0 Å². The summed E-state index contributed by atoms with van der Waals surface area (Å²) >= 11 is 5.89. The van der Waals surface area contributed by atoms with E-state index in [9.17, 15) is 4.79 Å². The molecule has 100 valence electrons. The number of carbonyl (C=O) groups excluding carboxylic acids is 1. The number of fused-ring (bicyclic) bond motifs is 1. The normalized spacial score (nSPS) is 12.2. The quantitative estimate of drug-likeness (QED) is 0.874. The molecular weight excluding hydrogens is 264 g/mol. The molecule has 0 saturated carbocycles. The van der Waals surface area contributed by atoms with Gasteiger partial charge in [0.25, 0.3) is 0 Å². The van der Waals surface area contributed by atoms with Crippen molar-refractivity contribution in [1.82, 2.24) is 14.9 Å². The lowest BCUT2D eigenvalue weighted by molar-refractivity contribution is -0.129. The summed E-state index contributed by atoms with van der Waals surface area (Å²) < 4.78 is 0. The number of para-hydroxylation sites is 1. The van der Waals surface area contributed by atoms with E-state index in [0.29, 0.717) is 5.82 Å². The van der Waals surface area contributed by atoms with E-state index in [-0.39, 0.29) is 17.2 Å². The van der Waals surface area contributed by atoms with Crippen molar-refractivity contribution in [2.45, 2.75) is 13.0 Å². The predicted molar refractivity (Wildman–Crippen MR) is 76.3 cm³/mol. The fourth-order valence-corrected chi connectivity index (χ4v) is 1.99. The topological polar surface area (TPSA) is 58.1 Å². The Balaban J connectivity index is 2.37. The molecule has 6 heteroatoms. The second-order valence-electron chi connectivity index (χ2n) is 4.46. The summed E-state index contributed by atoms with van der Waals surface area (Å²) in [5, 5.41) is 4.08. The highest BCUT2D eigenvalue weighted by Gasteiger charge is 2.16. The molecule has 1 atom stereocenters. The van der Waals surface area contributed by atoms with Crippen LogP contribution in [0.3, 0.4) is 0 Å². The first kappa shape index (κ1) is 13.5. The fraction of sp³-hybridized carbons (Fsp3) is 0.308. The minimum Gasteiger partial charge on any atom is -0.358 e. The second-order valence-corrected chi connectivity index (χ2v) is 4.80. The van der Waals surface area contributed by atoms with Gasteiger partial charge in [-0.3, -0.25) is 4.79 Å². The average molecular weight is 279 g/mol. The Morgan fingerprint density at radius 1 is 1.32 bits per heavy atom. The number of amides is 1. The number of benzene rings is 1. The summed E-state index contributed by atoms with van der Waals surface area (Å²) in [6, 6.07) is 7.13. The molecule has 1 aromatic carbocycles. The Kier molecular flexibility index (Phi) is 3.85. The molecule has 0 aliphatic carbocycles. The highest BCUT2D eigenvalue weighted by molar-refractivity contribution is 6.28. The Labute approximate surface area is 116 Å². The standard InChI is InChI=1S/C13H15ClN4O/c1-8(12(19)18(2)3)15-11-9-6-4-5-7-10(9)16-13(14)17-11/h4-8H,1-3H3,(H,15,16,17). The molecule has 1 amide bonds. The number of anilines is 1. The van der Waals surface area contributed by atoms with E-state index >= 15 is 0 Å². The van der Waals surface area contributed by atoms with Gasteiger partial charge < -0.3 is 10.2 Å². The SMILES string of the molecule is CC(Nc1nc(Cl)nc2ccccc12)C(=O)N(C)C. The van der Waals surface area contributed by atoms with Crippen molar-refractivity contribution in [1.29, 1.82) is 0 Å². The number of halogens is 1. The maximum Gasteiger partial charge on any atom is 0.244 e. The van der Waals surface area contributed by atoms with Crippen LogP contribution in [0.25, 0.3) is 10.9 Å². The van der Waals surface area contributed by atoms with E-state index < -0.39 is 0 Å². The largest absolute Gasteiger partial charge is 0.358 e. The van der Waals surface area contributed by atoms with Gasteiger partial charge in [0, 0.05) is 19.5 Å². The zero-order valence-corrected chi connectivity index (χ0v) is 11.8. The van der Waals surface area contributed by atoms with Crippen molar-refractivity contribution < 1.29 is 4.79 Å². The molecule has 5 nitrogen and oxygen atoms in total. The van der Waals surface area contributed by atoms with E-state index in [1.807, 2.05) is 24.3 Å². The van der Waals surface area contributed by atoms with E-state index in [1.165, 1.54) is 4.90 Å². The van der Waals surface area contributed by atoms with Crippen molar-refractivity contribution in [3.05, 3.63) is 29.5 Å². The van der Waals surface area contributed by atoms with Crippen LogP contribution in [0.1, 0.15) is 6.92 Å². The Morgan fingerprint density at radius 3 is 2.68 bits per heavy atom. The number of likely N-dealkylation sites (N-methyl/N-ethyl adjacent to an activating group) is 1. The van der Waals surface area contributed by atoms with Crippen LogP contribution in [-0.2, 0) is 4.79 Å². The van der Waals surface area contributed by atoms with Crippen molar-refractivity contribution >= 4 is 34.2 Å². The van der Waals surface area contributed by atoms with Gasteiger partial charge in [0.1, 0.15) is 11.9 Å². The Morgan fingerprint density at radius 2 is 2.00 bits per heavy atom.